The van der Waals surface area contributed by atoms with Gasteiger partial charge in [-0.1, -0.05) is 75.3 Å². The Morgan fingerprint density at radius 1 is 0.667 bits per heavy atom. The Balaban J connectivity index is 3.57. The molecule has 0 aliphatic heterocycles. The Labute approximate surface area is 149 Å². The van der Waals surface area contributed by atoms with Gasteiger partial charge in [-0.25, -0.2) is 0 Å². The zero-order valence-electron chi connectivity index (χ0n) is 17.5. The molecule has 0 radical (unpaired) electrons. The molecule has 0 spiro atoms. The van der Waals surface area contributed by atoms with Gasteiger partial charge in [0.1, 0.15) is 0 Å². The predicted molar refractivity (Wildman–Crippen MR) is 104 cm³/mol. The van der Waals surface area contributed by atoms with Crippen molar-refractivity contribution in [1.29, 1.82) is 0 Å². The maximum Gasteiger partial charge on any atom is 0.161 e. The maximum absolute atomic E-state index is 10.7. The van der Waals surface area contributed by atoms with E-state index in [2.05, 4.69) is 69.2 Å². The summed E-state index contributed by atoms with van der Waals surface area (Å²) in [5.41, 5.74) is 2.03. The van der Waals surface area contributed by atoms with Crippen LogP contribution in [0.15, 0.2) is 12.1 Å². The van der Waals surface area contributed by atoms with Crippen LogP contribution in [-0.2, 0) is 10.8 Å². The first-order valence-electron chi connectivity index (χ1n) is 9.02. The van der Waals surface area contributed by atoms with Crippen molar-refractivity contribution in [3.05, 3.63) is 23.3 Å². The zero-order valence-corrected chi connectivity index (χ0v) is 17.5. The van der Waals surface area contributed by atoms with Gasteiger partial charge in [0.05, 0.1) is 0 Å². The Hall–Kier alpha value is -1.18. The van der Waals surface area contributed by atoms with E-state index in [1.54, 1.807) is 6.07 Å². The smallest absolute Gasteiger partial charge is 0.161 e. The van der Waals surface area contributed by atoms with Crippen LogP contribution in [0.4, 0.5) is 0 Å². The molecule has 138 valence electrons. The molecular weight excluding hydrogens is 296 g/mol. The summed E-state index contributed by atoms with van der Waals surface area (Å²) in [6.45, 7) is 22.2. The van der Waals surface area contributed by atoms with E-state index in [0.717, 1.165) is 24.0 Å². The first-order chi connectivity index (χ1) is 10.5. The largest absolute Gasteiger partial charge is 0.504 e. The van der Waals surface area contributed by atoms with Crippen LogP contribution in [-0.4, -0.2) is 10.2 Å². The highest BCUT2D eigenvalue weighted by Gasteiger charge is 2.38. The molecule has 0 amide bonds. The minimum Gasteiger partial charge on any atom is -0.504 e. The van der Waals surface area contributed by atoms with Gasteiger partial charge in [-0.15, -0.1) is 0 Å². The number of rotatable bonds is 4. The third-order valence-electron chi connectivity index (χ3n) is 4.51. The summed E-state index contributed by atoms with van der Waals surface area (Å²) in [7, 11) is 0. The van der Waals surface area contributed by atoms with Crippen LogP contribution in [0.3, 0.4) is 0 Å². The van der Waals surface area contributed by atoms with Crippen molar-refractivity contribution in [3.63, 3.8) is 0 Å². The van der Waals surface area contributed by atoms with Crippen LogP contribution >= 0.6 is 0 Å². The van der Waals surface area contributed by atoms with E-state index < -0.39 is 0 Å². The lowest BCUT2D eigenvalue weighted by atomic mass is 9.64. The summed E-state index contributed by atoms with van der Waals surface area (Å²) in [5.74, 6) is 0.0195. The lowest BCUT2D eigenvalue weighted by Gasteiger charge is -2.40. The second kappa shape index (κ2) is 6.28. The molecule has 0 aliphatic carbocycles. The fraction of sp³-hybridized carbons (Fsp3) is 0.727. The van der Waals surface area contributed by atoms with Gasteiger partial charge >= 0.3 is 0 Å². The van der Waals surface area contributed by atoms with Gasteiger partial charge in [-0.05, 0) is 46.1 Å². The molecule has 1 aromatic rings. The second-order valence-corrected chi connectivity index (χ2v) is 11.1. The van der Waals surface area contributed by atoms with Gasteiger partial charge < -0.3 is 10.2 Å². The predicted octanol–water partition coefficient (Wildman–Crippen LogP) is 6.53. The molecule has 2 heteroatoms. The molecule has 0 aliphatic rings. The van der Waals surface area contributed by atoms with Crippen LogP contribution in [0.2, 0.25) is 0 Å². The minimum absolute atomic E-state index is 0.0257. The van der Waals surface area contributed by atoms with Crippen LogP contribution in [0, 0.1) is 10.8 Å². The fourth-order valence-corrected chi connectivity index (χ4v) is 4.66. The highest BCUT2D eigenvalue weighted by molar-refractivity contribution is 5.54. The third-order valence-corrected chi connectivity index (χ3v) is 4.51. The number of benzene rings is 1. The van der Waals surface area contributed by atoms with Crippen LogP contribution in [0.25, 0.3) is 0 Å². The van der Waals surface area contributed by atoms with Gasteiger partial charge in [-0.3, -0.25) is 0 Å². The Kier molecular flexibility index (Phi) is 5.46. The molecule has 0 unspecified atom stereocenters. The molecule has 0 bridgehead atoms. The van der Waals surface area contributed by atoms with Crippen molar-refractivity contribution in [3.8, 4) is 11.5 Å². The molecule has 24 heavy (non-hydrogen) atoms. The zero-order chi connectivity index (χ0) is 19.1. The van der Waals surface area contributed by atoms with E-state index in [1.165, 1.54) is 0 Å². The quantitative estimate of drug-likeness (QED) is 0.615. The van der Waals surface area contributed by atoms with Crippen LogP contribution < -0.4 is 0 Å². The first-order valence-corrected chi connectivity index (χ1v) is 9.02. The second-order valence-electron chi connectivity index (χ2n) is 11.1. The lowest BCUT2D eigenvalue weighted by Crippen LogP contribution is -2.32. The average Bonchev–Trinajstić information content (AvgIpc) is 2.25. The Bertz CT molecular complexity index is 581. The number of aromatic hydroxyl groups is 2. The summed E-state index contributed by atoms with van der Waals surface area (Å²) in [6, 6.07) is 3.63. The number of hydrogen-bond acceptors (Lipinski definition) is 2. The molecule has 1 rings (SSSR count). The van der Waals surface area contributed by atoms with E-state index in [9.17, 15) is 10.2 Å². The average molecular weight is 335 g/mol. The molecular formula is C22H38O2. The van der Waals surface area contributed by atoms with Crippen molar-refractivity contribution >= 4 is 0 Å². The summed E-state index contributed by atoms with van der Waals surface area (Å²) >= 11 is 0. The Morgan fingerprint density at radius 2 is 1.08 bits per heavy atom. The molecule has 0 heterocycles. The molecule has 0 aromatic heterocycles. The number of hydrogen-bond donors (Lipinski definition) is 2. The highest BCUT2D eigenvalue weighted by Crippen LogP contribution is 2.49. The van der Waals surface area contributed by atoms with Gasteiger partial charge in [0.15, 0.2) is 11.5 Å². The summed E-state index contributed by atoms with van der Waals surface area (Å²) in [4.78, 5) is 0. The third kappa shape index (κ3) is 5.16. The normalized spacial score (nSPS) is 14.1. The molecule has 2 nitrogen and oxygen atoms in total. The molecule has 1 aromatic carbocycles. The van der Waals surface area contributed by atoms with Gasteiger partial charge in [0.25, 0.3) is 0 Å². The lowest BCUT2D eigenvalue weighted by molar-refractivity contribution is 0.257. The summed E-state index contributed by atoms with van der Waals surface area (Å²) in [6.07, 6.45) is 1.93. The Morgan fingerprint density at radius 3 is 1.50 bits per heavy atom. The fourth-order valence-electron chi connectivity index (χ4n) is 4.66. The van der Waals surface area contributed by atoms with E-state index >= 15 is 0 Å². The van der Waals surface area contributed by atoms with Crippen molar-refractivity contribution in [2.24, 2.45) is 10.8 Å². The van der Waals surface area contributed by atoms with Crippen molar-refractivity contribution in [2.45, 2.75) is 92.9 Å². The van der Waals surface area contributed by atoms with Gasteiger partial charge in [0, 0.05) is 5.56 Å². The molecule has 0 fully saturated rings. The van der Waals surface area contributed by atoms with Crippen LogP contribution in [0.5, 0.6) is 11.5 Å². The summed E-state index contributed by atoms with van der Waals surface area (Å²) in [5, 5.41) is 20.9. The van der Waals surface area contributed by atoms with Crippen LogP contribution in [0.1, 0.15) is 93.2 Å². The molecule has 2 N–H and O–H groups in total. The van der Waals surface area contributed by atoms with Crippen molar-refractivity contribution in [2.75, 3.05) is 0 Å². The van der Waals surface area contributed by atoms with Gasteiger partial charge in [-0.2, -0.15) is 0 Å². The summed E-state index contributed by atoms with van der Waals surface area (Å²) < 4.78 is 0. The maximum atomic E-state index is 10.7. The van der Waals surface area contributed by atoms with Crippen molar-refractivity contribution in [1.82, 2.24) is 0 Å². The monoisotopic (exact) mass is 334 g/mol. The number of phenols is 2. The van der Waals surface area contributed by atoms with Gasteiger partial charge in [0.2, 0.25) is 0 Å². The van der Waals surface area contributed by atoms with E-state index in [-0.39, 0.29) is 33.2 Å². The van der Waals surface area contributed by atoms with E-state index in [1.807, 2.05) is 6.07 Å². The molecule has 0 saturated heterocycles. The minimum atomic E-state index is -0.231. The van der Waals surface area contributed by atoms with Crippen molar-refractivity contribution < 1.29 is 10.2 Å². The first kappa shape index (κ1) is 20.9. The standard InChI is InChI=1S/C22H38O2/c1-19(2,3)13-21(7,8)15-11-12-16(23)18(24)17(15)22(9,10)14-20(4,5)6/h11-12,23-24H,13-14H2,1-10H3. The highest BCUT2D eigenvalue weighted by atomic mass is 16.3. The topological polar surface area (TPSA) is 40.5 Å². The molecule has 0 atom stereocenters. The number of phenolic OH excluding ortho intramolecular Hbond substituents is 2. The molecule has 0 saturated carbocycles. The van der Waals surface area contributed by atoms with E-state index in [0.29, 0.717) is 0 Å². The van der Waals surface area contributed by atoms with E-state index in [4.69, 9.17) is 0 Å². The SMILES string of the molecule is CC(C)(C)CC(C)(C)c1ccc(O)c(O)c1C(C)(C)CC(C)(C)C.